The Morgan fingerprint density at radius 3 is 2.36 bits per heavy atom. The van der Waals surface area contributed by atoms with Crippen LogP contribution in [0.2, 0.25) is 0 Å². The van der Waals surface area contributed by atoms with Crippen molar-refractivity contribution in [1.82, 2.24) is 5.32 Å². The van der Waals surface area contributed by atoms with Gasteiger partial charge in [0.05, 0.1) is 5.92 Å². The van der Waals surface area contributed by atoms with Crippen LogP contribution in [0.25, 0.3) is 0 Å². The highest BCUT2D eigenvalue weighted by molar-refractivity contribution is 4.92. The molecule has 1 saturated heterocycles. The first-order valence-corrected chi connectivity index (χ1v) is 5.39. The van der Waals surface area contributed by atoms with Gasteiger partial charge in [-0.2, -0.15) is 13.2 Å². The Kier molecular flexibility index (Phi) is 2.73. The van der Waals surface area contributed by atoms with Gasteiger partial charge in [-0.25, -0.2) is 0 Å². The molecule has 1 aliphatic carbocycles. The molecule has 1 N–H and O–H groups in total. The third-order valence-electron chi connectivity index (χ3n) is 3.61. The molecule has 2 aliphatic rings. The summed E-state index contributed by atoms with van der Waals surface area (Å²) in [6.45, 7) is 0.895. The normalized spacial score (nSPS) is 39.2. The van der Waals surface area contributed by atoms with Crippen molar-refractivity contribution in [2.45, 2.75) is 44.3 Å². The Hall–Kier alpha value is -0.250. The third kappa shape index (κ3) is 1.90. The molecule has 1 saturated carbocycles. The third-order valence-corrected chi connectivity index (χ3v) is 3.61. The Morgan fingerprint density at radius 2 is 1.79 bits per heavy atom. The highest BCUT2D eigenvalue weighted by Gasteiger charge is 2.49. The standard InChI is InChI=1S/C10H16F3N/c11-10(12,13)8-4-1-3-7(8)9-5-2-6-14-9/h7-9,14H,1-6H2. The summed E-state index contributed by atoms with van der Waals surface area (Å²) in [5, 5.41) is 3.20. The van der Waals surface area contributed by atoms with Gasteiger partial charge in [-0.1, -0.05) is 6.42 Å². The summed E-state index contributed by atoms with van der Waals surface area (Å²) in [7, 11) is 0. The van der Waals surface area contributed by atoms with E-state index in [0.29, 0.717) is 6.42 Å². The Balaban J connectivity index is 2.02. The van der Waals surface area contributed by atoms with E-state index in [1.165, 1.54) is 0 Å². The largest absolute Gasteiger partial charge is 0.392 e. The SMILES string of the molecule is FC(F)(F)C1CCCC1C1CCCN1. The number of nitrogens with one attached hydrogen (secondary N) is 1. The molecule has 2 rings (SSSR count). The van der Waals surface area contributed by atoms with Crippen molar-refractivity contribution in [2.75, 3.05) is 6.54 Å². The molecule has 14 heavy (non-hydrogen) atoms. The van der Waals surface area contributed by atoms with Crippen molar-refractivity contribution < 1.29 is 13.2 Å². The molecule has 0 radical (unpaired) electrons. The molecule has 0 aromatic rings. The van der Waals surface area contributed by atoms with Crippen molar-refractivity contribution in [3.8, 4) is 0 Å². The van der Waals surface area contributed by atoms with E-state index in [2.05, 4.69) is 5.32 Å². The molecule has 0 amide bonds. The average molecular weight is 207 g/mol. The van der Waals surface area contributed by atoms with Gasteiger partial charge in [-0.05, 0) is 38.1 Å². The predicted molar refractivity (Wildman–Crippen MR) is 47.9 cm³/mol. The van der Waals surface area contributed by atoms with Crippen molar-refractivity contribution in [3.05, 3.63) is 0 Å². The summed E-state index contributed by atoms with van der Waals surface area (Å²) in [5.41, 5.74) is 0. The maximum absolute atomic E-state index is 12.6. The van der Waals surface area contributed by atoms with Gasteiger partial charge in [0.25, 0.3) is 0 Å². The molecular formula is C10H16F3N. The van der Waals surface area contributed by atoms with Crippen molar-refractivity contribution in [2.24, 2.45) is 11.8 Å². The van der Waals surface area contributed by atoms with Crippen LogP contribution in [0.1, 0.15) is 32.1 Å². The summed E-state index contributed by atoms with van der Waals surface area (Å²) in [6, 6.07) is 0.129. The van der Waals surface area contributed by atoms with Crippen LogP contribution >= 0.6 is 0 Å². The molecule has 1 nitrogen and oxygen atoms in total. The fourth-order valence-electron chi connectivity index (χ4n) is 2.95. The van der Waals surface area contributed by atoms with Crippen molar-refractivity contribution in [3.63, 3.8) is 0 Å². The smallest absolute Gasteiger partial charge is 0.314 e. The lowest BCUT2D eigenvalue weighted by molar-refractivity contribution is -0.185. The van der Waals surface area contributed by atoms with E-state index in [1.54, 1.807) is 0 Å². The highest BCUT2D eigenvalue weighted by Crippen LogP contribution is 2.45. The van der Waals surface area contributed by atoms with Crippen LogP contribution in [-0.4, -0.2) is 18.8 Å². The van der Waals surface area contributed by atoms with E-state index in [-0.39, 0.29) is 12.0 Å². The van der Waals surface area contributed by atoms with Crippen LogP contribution in [0, 0.1) is 11.8 Å². The molecule has 0 aromatic carbocycles. The van der Waals surface area contributed by atoms with E-state index in [1.807, 2.05) is 0 Å². The van der Waals surface area contributed by atoms with Gasteiger partial charge in [0, 0.05) is 6.04 Å². The number of hydrogen-bond acceptors (Lipinski definition) is 1. The van der Waals surface area contributed by atoms with E-state index < -0.39 is 12.1 Å². The summed E-state index contributed by atoms with van der Waals surface area (Å²) in [4.78, 5) is 0. The van der Waals surface area contributed by atoms with Crippen LogP contribution in [0.4, 0.5) is 13.2 Å². The van der Waals surface area contributed by atoms with Gasteiger partial charge in [-0.15, -0.1) is 0 Å². The summed E-state index contributed by atoms with van der Waals surface area (Å²) in [6.07, 6.45) is -0.185. The summed E-state index contributed by atoms with van der Waals surface area (Å²) < 4.78 is 37.9. The lowest BCUT2D eigenvalue weighted by Crippen LogP contribution is -2.38. The molecule has 3 unspecified atom stereocenters. The van der Waals surface area contributed by atoms with Crippen molar-refractivity contribution in [1.29, 1.82) is 0 Å². The number of hydrogen-bond donors (Lipinski definition) is 1. The highest BCUT2D eigenvalue weighted by atomic mass is 19.4. The van der Waals surface area contributed by atoms with Crippen LogP contribution < -0.4 is 5.32 Å². The minimum Gasteiger partial charge on any atom is -0.314 e. The summed E-state index contributed by atoms with van der Waals surface area (Å²) in [5.74, 6) is -1.20. The van der Waals surface area contributed by atoms with Gasteiger partial charge in [0.15, 0.2) is 0 Å². The Labute approximate surface area is 82.1 Å². The second-order valence-corrected chi connectivity index (χ2v) is 4.45. The molecule has 4 heteroatoms. The zero-order valence-electron chi connectivity index (χ0n) is 8.11. The minimum atomic E-state index is -3.98. The monoisotopic (exact) mass is 207 g/mol. The lowest BCUT2D eigenvalue weighted by atomic mass is 9.87. The second-order valence-electron chi connectivity index (χ2n) is 4.45. The topological polar surface area (TPSA) is 12.0 Å². The number of alkyl halides is 3. The average Bonchev–Trinajstić information content (AvgIpc) is 2.73. The molecule has 1 aliphatic heterocycles. The van der Waals surface area contributed by atoms with Gasteiger partial charge in [0.2, 0.25) is 0 Å². The van der Waals surface area contributed by atoms with Gasteiger partial charge < -0.3 is 5.32 Å². The Morgan fingerprint density at radius 1 is 1.00 bits per heavy atom. The first kappa shape index (κ1) is 10.3. The zero-order valence-corrected chi connectivity index (χ0v) is 8.11. The van der Waals surface area contributed by atoms with Crippen LogP contribution in [0.5, 0.6) is 0 Å². The van der Waals surface area contributed by atoms with E-state index >= 15 is 0 Å². The number of rotatable bonds is 1. The van der Waals surface area contributed by atoms with Gasteiger partial charge in [0.1, 0.15) is 0 Å². The molecular weight excluding hydrogens is 191 g/mol. The lowest BCUT2D eigenvalue weighted by Gasteiger charge is -2.27. The van der Waals surface area contributed by atoms with Crippen LogP contribution in [0.15, 0.2) is 0 Å². The summed E-state index contributed by atoms with van der Waals surface area (Å²) >= 11 is 0. The minimum absolute atomic E-state index is 0.129. The van der Waals surface area contributed by atoms with Gasteiger partial charge in [-0.3, -0.25) is 0 Å². The zero-order chi connectivity index (χ0) is 10.2. The van der Waals surface area contributed by atoms with Crippen LogP contribution in [0.3, 0.4) is 0 Å². The first-order chi connectivity index (χ1) is 6.59. The van der Waals surface area contributed by atoms with E-state index in [9.17, 15) is 13.2 Å². The van der Waals surface area contributed by atoms with Gasteiger partial charge >= 0.3 is 6.18 Å². The van der Waals surface area contributed by atoms with E-state index in [0.717, 1.165) is 32.2 Å². The quantitative estimate of drug-likeness (QED) is 0.697. The van der Waals surface area contributed by atoms with E-state index in [4.69, 9.17) is 0 Å². The molecule has 0 aromatic heterocycles. The molecule has 1 heterocycles. The molecule has 2 fully saturated rings. The molecule has 0 bridgehead atoms. The fourth-order valence-corrected chi connectivity index (χ4v) is 2.95. The first-order valence-electron chi connectivity index (χ1n) is 5.39. The Bertz CT molecular complexity index is 196. The fraction of sp³-hybridized carbons (Fsp3) is 1.00. The second kappa shape index (κ2) is 3.72. The molecule has 0 spiro atoms. The maximum Gasteiger partial charge on any atom is 0.392 e. The predicted octanol–water partition coefficient (Wildman–Crippen LogP) is 2.72. The molecule has 82 valence electrons. The molecule has 3 atom stereocenters. The van der Waals surface area contributed by atoms with Crippen molar-refractivity contribution >= 4 is 0 Å². The number of halogens is 3. The maximum atomic E-state index is 12.6. The van der Waals surface area contributed by atoms with Crippen LogP contribution in [-0.2, 0) is 0 Å².